The first-order chi connectivity index (χ1) is 13.4. The highest BCUT2D eigenvalue weighted by molar-refractivity contribution is 7.53. The number of ether oxygens (including phenoxy) is 1. The normalized spacial score (nSPS) is 29.1. The quantitative estimate of drug-likeness (QED) is 0.338. The summed E-state index contributed by atoms with van der Waals surface area (Å²) in [5.74, 6) is -1.64. The van der Waals surface area contributed by atoms with Gasteiger partial charge in [0, 0.05) is 13.5 Å². The van der Waals surface area contributed by atoms with Gasteiger partial charge in [0.25, 0.3) is 5.56 Å². The van der Waals surface area contributed by atoms with Gasteiger partial charge in [0.1, 0.15) is 12.2 Å². The Kier molecular flexibility index (Phi) is 5.84. The molecule has 1 fully saturated rings. The minimum Gasteiger partial charge on any atom is -0.388 e. The van der Waals surface area contributed by atoms with Crippen LogP contribution < -0.4 is 11.3 Å². The number of hydrogen-bond donors (Lipinski definition) is 5. The molecule has 1 aliphatic heterocycles. The van der Waals surface area contributed by atoms with E-state index in [4.69, 9.17) is 15.0 Å². The predicted molar refractivity (Wildman–Crippen MR) is 99.8 cm³/mol. The van der Waals surface area contributed by atoms with E-state index in [1.165, 1.54) is 24.9 Å². The molecule has 0 spiro atoms. The fourth-order valence-electron chi connectivity index (χ4n) is 3.12. The number of imidazole rings is 1. The molecule has 0 aliphatic carbocycles. The molecular weight excluding hydrogens is 409 g/mol. The van der Waals surface area contributed by atoms with Crippen molar-refractivity contribution in [3.05, 3.63) is 16.7 Å². The van der Waals surface area contributed by atoms with Crippen molar-refractivity contribution < 1.29 is 34.0 Å². The summed E-state index contributed by atoms with van der Waals surface area (Å²) in [4.78, 5) is 30.0. The van der Waals surface area contributed by atoms with Gasteiger partial charge < -0.3 is 35.2 Å². The molecule has 14 heteroatoms. The van der Waals surface area contributed by atoms with Crippen molar-refractivity contribution in [3.63, 3.8) is 0 Å². The van der Waals surface area contributed by atoms with Gasteiger partial charge in [-0.1, -0.05) is 0 Å². The Morgan fingerprint density at radius 2 is 2.03 bits per heavy atom. The van der Waals surface area contributed by atoms with Gasteiger partial charge in [-0.3, -0.25) is 18.5 Å². The third-order valence-electron chi connectivity index (χ3n) is 4.82. The van der Waals surface area contributed by atoms with E-state index in [0.29, 0.717) is 0 Å². The van der Waals surface area contributed by atoms with Crippen LogP contribution in [0.5, 0.6) is 0 Å². The van der Waals surface area contributed by atoms with Crippen LogP contribution in [0.25, 0.3) is 11.2 Å². The first-order valence-corrected chi connectivity index (χ1v) is 10.5. The molecule has 1 aliphatic rings. The van der Waals surface area contributed by atoms with Crippen molar-refractivity contribution in [2.45, 2.75) is 56.8 Å². The highest BCUT2D eigenvalue weighted by Crippen LogP contribution is 2.48. The number of nitrogen functional groups attached to an aromatic ring is 1. The molecule has 13 nitrogen and oxygen atoms in total. The maximum absolute atomic E-state index is 12.2. The summed E-state index contributed by atoms with van der Waals surface area (Å²) in [7, 11) is -2.80. The Morgan fingerprint density at radius 3 is 2.66 bits per heavy atom. The number of aromatic nitrogens is 4. The van der Waals surface area contributed by atoms with Crippen molar-refractivity contribution in [2.75, 3.05) is 5.73 Å². The van der Waals surface area contributed by atoms with E-state index >= 15 is 0 Å². The van der Waals surface area contributed by atoms with Crippen LogP contribution in [-0.4, -0.2) is 69.6 Å². The molecule has 0 aromatic carbocycles. The van der Waals surface area contributed by atoms with Crippen LogP contribution in [0.1, 0.15) is 26.5 Å². The van der Waals surface area contributed by atoms with Gasteiger partial charge in [0.05, 0.1) is 18.5 Å². The first kappa shape index (κ1) is 21.8. The minimum atomic E-state index is -4.24. The van der Waals surface area contributed by atoms with Crippen molar-refractivity contribution in [2.24, 2.45) is 7.05 Å². The standard InChI is InChI=1S/C15H24N5O8P/c1-6(28-29(25,26)7(2)21)4-8-10(22)11(23)14(27-8)20-5-17-9-12(20)18-15(16)19(3)13(9)24/h5-8,10-11,14,21-23H,4H2,1-3H3,(H2,16,18)(H,25,26)/t6-,7?,8+,10+,11+,14?/m0/s1. The van der Waals surface area contributed by atoms with Crippen LogP contribution in [0, 0.1) is 0 Å². The van der Waals surface area contributed by atoms with Gasteiger partial charge in [-0.25, -0.2) is 4.98 Å². The van der Waals surface area contributed by atoms with Gasteiger partial charge in [-0.15, -0.1) is 0 Å². The summed E-state index contributed by atoms with van der Waals surface area (Å²) in [6.45, 7) is 2.60. The molecule has 0 amide bonds. The smallest absolute Gasteiger partial charge is 0.356 e. The zero-order valence-corrected chi connectivity index (χ0v) is 16.9. The minimum absolute atomic E-state index is 0.0188. The molecule has 3 heterocycles. The molecule has 3 rings (SSSR count). The zero-order valence-electron chi connectivity index (χ0n) is 16.0. The topological polar surface area (TPSA) is 195 Å². The third-order valence-corrected chi connectivity index (χ3v) is 6.42. The summed E-state index contributed by atoms with van der Waals surface area (Å²) in [5, 5.41) is 30.1. The predicted octanol–water partition coefficient (Wildman–Crippen LogP) is -1.35. The lowest BCUT2D eigenvalue weighted by Gasteiger charge is -2.23. The summed E-state index contributed by atoms with van der Waals surface area (Å²) < 4.78 is 24.9. The molecule has 0 radical (unpaired) electrons. The summed E-state index contributed by atoms with van der Waals surface area (Å²) >= 11 is 0. The molecule has 0 bridgehead atoms. The molecule has 2 aromatic rings. The lowest BCUT2D eigenvalue weighted by Crippen LogP contribution is -2.33. The number of hydrogen-bond acceptors (Lipinski definition) is 10. The van der Waals surface area contributed by atoms with Gasteiger partial charge in [0.15, 0.2) is 23.2 Å². The average molecular weight is 433 g/mol. The van der Waals surface area contributed by atoms with Crippen LogP contribution in [-0.2, 0) is 20.9 Å². The fraction of sp³-hybridized carbons (Fsp3) is 0.667. The fourth-order valence-corrected chi connectivity index (χ4v) is 3.90. The van der Waals surface area contributed by atoms with Crippen LogP contribution in [0.15, 0.2) is 11.1 Å². The molecule has 2 aromatic heterocycles. The van der Waals surface area contributed by atoms with Gasteiger partial charge in [0.2, 0.25) is 5.95 Å². The first-order valence-electron chi connectivity index (χ1n) is 8.83. The maximum atomic E-state index is 12.2. The second kappa shape index (κ2) is 7.76. The molecular formula is C15H24N5O8P. The second-order valence-electron chi connectivity index (χ2n) is 7.05. The Labute approximate surface area is 164 Å². The van der Waals surface area contributed by atoms with E-state index in [2.05, 4.69) is 9.97 Å². The van der Waals surface area contributed by atoms with Crippen LogP contribution in [0.4, 0.5) is 5.95 Å². The number of nitrogens with two attached hydrogens (primary N) is 1. The third kappa shape index (κ3) is 3.94. The second-order valence-corrected chi connectivity index (χ2v) is 9.14. The highest BCUT2D eigenvalue weighted by atomic mass is 31.2. The van der Waals surface area contributed by atoms with Crippen molar-refractivity contribution in [3.8, 4) is 0 Å². The Morgan fingerprint density at radius 1 is 1.38 bits per heavy atom. The van der Waals surface area contributed by atoms with Gasteiger partial charge in [-0.2, -0.15) is 4.98 Å². The molecule has 1 saturated heterocycles. The van der Waals surface area contributed by atoms with Crippen LogP contribution >= 0.6 is 7.60 Å². The van der Waals surface area contributed by atoms with E-state index in [1.54, 1.807) is 0 Å². The van der Waals surface area contributed by atoms with Crippen molar-refractivity contribution in [1.29, 1.82) is 0 Å². The largest absolute Gasteiger partial charge is 0.388 e. The number of aliphatic hydroxyl groups excluding tert-OH is 3. The van der Waals surface area contributed by atoms with Gasteiger partial charge >= 0.3 is 7.60 Å². The SMILES string of the molecule is CC(O)P(=O)(O)O[C@@H](C)C[C@H]1OC(n2cnc3c(=O)n(C)c(N)nc32)[C@H](O)[C@@H]1O. The number of aliphatic hydroxyl groups is 3. The van der Waals surface area contributed by atoms with Gasteiger partial charge in [-0.05, 0) is 13.8 Å². The number of anilines is 1. The molecule has 162 valence electrons. The lowest BCUT2D eigenvalue weighted by atomic mass is 10.1. The Balaban J connectivity index is 1.83. The Bertz CT molecular complexity index is 1010. The number of rotatable bonds is 6. The van der Waals surface area contributed by atoms with E-state index in [9.17, 15) is 29.6 Å². The summed E-state index contributed by atoms with van der Waals surface area (Å²) in [5.41, 5.74) is 5.35. The molecule has 29 heavy (non-hydrogen) atoms. The summed E-state index contributed by atoms with van der Waals surface area (Å²) in [6, 6.07) is 0. The molecule has 0 saturated carbocycles. The maximum Gasteiger partial charge on any atom is 0.356 e. The number of fused-ring (bicyclic) bond motifs is 1. The van der Waals surface area contributed by atoms with Crippen LogP contribution in [0.2, 0.25) is 0 Å². The molecule has 7 atom stereocenters. The monoisotopic (exact) mass is 433 g/mol. The van der Waals surface area contributed by atoms with E-state index in [1.807, 2.05) is 0 Å². The van der Waals surface area contributed by atoms with Crippen LogP contribution in [0.3, 0.4) is 0 Å². The molecule has 3 unspecified atom stereocenters. The zero-order chi connectivity index (χ0) is 21.7. The lowest BCUT2D eigenvalue weighted by molar-refractivity contribution is -0.0462. The van der Waals surface area contributed by atoms with Crippen molar-refractivity contribution in [1.82, 2.24) is 19.1 Å². The van der Waals surface area contributed by atoms with E-state index in [0.717, 1.165) is 11.5 Å². The van der Waals surface area contributed by atoms with E-state index in [-0.39, 0.29) is 23.5 Å². The average Bonchev–Trinajstić information content (AvgIpc) is 3.15. The highest BCUT2D eigenvalue weighted by Gasteiger charge is 2.45. The van der Waals surface area contributed by atoms with E-state index < -0.39 is 49.6 Å². The Hall–Kier alpha value is -1.86. The number of nitrogens with zero attached hydrogens (tertiary/aromatic N) is 4. The van der Waals surface area contributed by atoms with Crippen molar-refractivity contribution >= 4 is 24.7 Å². The summed E-state index contributed by atoms with van der Waals surface area (Å²) in [6.07, 6.45) is -4.49. The molecule has 6 N–H and O–H groups in total.